The van der Waals surface area contributed by atoms with Crippen molar-refractivity contribution in [3.8, 4) is 0 Å². The van der Waals surface area contributed by atoms with Crippen molar-refractivity contribution in [2.75, 3.05) is 6.61 Å². The van der Waals surface area contributed by atoms with Crippen molar-refractivity contribution < 1.29 is 28.8 Å². The summed E-state index contributed by atoms with van der Waals surface area (Å²) in [4.78, 5) is 30.9. The molecule has 0 saturated carbocycles. The van der Waals surface area contributed by atoms with Crippen molar-refractivity contribution >= 4 is 13.7 Å². The van der Waals surface area contributed by atoms with Gasteiger partial charge in [-0.1, -0.05) is 232 Å². The van der Waals surface area contributed by atoms with Gasteiger partial charge in [-0.15, -0.1) is 0 Å². The zero-order valence-electron chi connectivity index (χ0n) is 34.0. The summed E-state index contributed by atoms with van der Waals surface area (Å²) in [6.07, 6.45) is 45.3. The molecule has 0 aromatic rings. The van der Waals surface area contributed by atoms with Crippen LogP contribution < -0.4 is 5.32 Å². The topological polar surface area (TPSA) is 116 Å². The Hall–Kier alpha value is -0.460. The third-order valence-corrected chi connectivity index (χ3v) is 11.1. The summed E-state index contributed by atoms with van der Waals surface area (Å²) in [6.45, 7) is 4.14. The highest BCUT2D eigenvalue weighted by Crippen LogP contribution is 2.36. The fourth-order valence-electron chi connectivity index (χ4n) is 7.17. The third-order valence-electron chi connectivity index (χ3n) is 10.6. The Morgan fingerprint density at radius 3 is 1.06 bits per heavy atom. The van der Waals surface area contributed by atoms with E-state index in [-0.39, 0.29) is 5.91 Å². The maximum atomic E-state index is 12.6. The van der Waals surface area contributed by atoms with Crippen LogP contribution in [0.5, 0.6) is 0 Å². The van der Waals surface area contributed by atoms with Crippen LogP contribution in [0, 0.1) is 0 Å². The number of carbonyl (C=O) groups is 1. The Kier molecular flexibility index (Phi) is 38.9. The van der Waals surface area contributed by atoms with Crippen molar-refractivity contribution in [1.82, 2.24) is 5.32 Å². The molecule has 4 N–H and O–H groups in total. The maximum Gasteiger partial charge on any atom is 0.469 e. The minimum Gasteiger partial charge on any atom is -0.391 e. The van der Waals surface area contributed by atoms with Gasteiger partial charge in [0.15, 0.2) is 0 Å². The molecule has 0 aliphatic rings. The van der Waals surface area contributed by atoms with Gasteiger partial charge < -0.3 is 20.2 Å². The second-order valence-corrected chi connectivity index (χ2v) is 17.0. The summed E-state index contributed by atoms with van der Waals surface area (Å²) in [5.41, 5.74) is 0. The first-order valence-electron chi connectivity index (χ1n) is 22.5. The van der Waals surface area contributed by atoms with Crippen LogP contribution in [0.2, 0.25) is 0 Å². The Morgan fingerprint density at radius 2 is 0.765 bits per heavy atom. The molecule has 0 saturated heterocycles. The van der Waals surface area contributed by atoms with Gasteiger partial charge in [0.2, 0.25) is 5.91 Å². The number of aliphatic hydroxyl groups excluding tert-OH is 1. The van der Waals surface area contributed by atoms with Gasteiger partial charge in [0.1, 0.15) is 0 Å². The van der Waals surface area contributed by atoms with E-state index in [0.717, 1.165) is 38.5 Å². The molecule has 0 unspecified atom stereocenters. The SMILES string of the molecule is CCCCCCCCCCCCCCCCCCCCCCCCCC(=O)N[C@@H](COP(=O)(O)O)[C@H](O)CCCCCCCCCCCCCC. The predicted octanol–water partition coefficient (Wildman–Crippen LogP) is 13.4. The molecule has 0 radical (unpaired) electrons. The highest BCUT2D eigenvalue weighted by molar-refractivity contribution is 7.46. The molecular weight excluding hydrogens is 657 g/mol. The van der Waals surface area contributed by atoms with E-state index in [4.69, 9.17) is 9.79 Å². The lowest BCUT2D eigenvalue weighted by Gasteiger charge is -2.24. The Labute approximate surface area is 317 Å². The molecule has 0 aliphatic carbocycles. The van der Waals surface area contributed by atoms with Crippen LogP contribution in [0.3, 0.4) is 0 Å². The van der Waals surface area contributed by atoms with E-state index in [9.17, 15) is 14.5 Å². The van der Waals surface area contributed by atoms with E-state index in [1.807, 2.05) is 0 Å². The van der Waals surface area contributed by atoms with Crippen molar-refractivity contribution in [2.45, 2.75) is 264 Å². The number of hydrogen-bond acceptors (Lipinski definition) is 4. The lowest BCUT2D eigenvalue weighted by molar-refractivity contribution is -0.123. The Bertz CT molecular complexity index is 763. The van der Waals surface area contributed by atoms with E-state index >= 15 is 0 Å². The van der Waals surface area contributed by atoms with Crippen LogP contribution in [0.25, 0.3) is 0 Å². The van der Waals surface area contributed by atoms with E-state index in [0.29, 0.717) is 12.8 Å². The smallest absolute Gasteiger partial charge is 0.391 e. The van der Waals surface area contributed by atoms with Crippen LogP contribution in [0.15, 0.2) is 0 Å². The van der Waals surface area contributed by atoms with Gasteiger partial charge in [-0.05, 0) is 12.8 Å². The number of hydrogen-bond donors (Lipinski definition) is 4. The highest BCUT2D eigenvalue weighted by Gasteiger charge is 2.25. The van der Waals surface area contributed by atoms with Crippen molar-refractivity contribution in [2.24, 2.45) is 0 Å². The monoisotopic (exact) mass is 746 g/mol. The number of phosphoric acid groups is 1. The van der Waals surface area contributed by atoms with Gasteiger partial charge in [0.05, 0.1) is 18.8 Å². The number of nitrogens with one attached hydrogen (secondary N) is 1. The van der Waals surface area contributed by atoms with Crippen LogP contribution in [0.4, 0.5) is 0 Å². The first kappa shape index (κ1) is 50.5. The van der Waals surface area contributed by atoms with Gasteiger partial charge >= 0.3 is 7.82 Å². The Morgan fingerprint density at radius 1 is 0.490 bits per heavy atom. The fraction of sp³-hybridized carbons (Fsp3) is 0.977. The molecule has 8 heteroatoms. The highest BCUT2D eigenvalue weighted by atomic mass is 31.2. The van der Waals surface area contributed by atoms with Crippen LogP contribution in [-0.4, -0.2) is 39.6 Å². The molecule has 306 valence electrons. The first-order chi connectivity index (χ1) is 24.8. The van der Waals surface area contributed by atoms with Crippen molar-refractivity contribution in [1.29, 1.82) is 0 Å². The summed E-state index contributed by atoms with van der Waals surface area (Å²) >= 11 is 0. The normalized spacial score (nSPS) is 13.1. The minimum absolute atomic E-state index is 0.188. The van der Waals surface area contributed by atoms with E-state index in [1.165, 1.54) is 186 Å². The van der Waals surface area contributed by atoms with Gasteiger partial charge in [-0.2, -0.15) is 0 Å². The van der Waals surface area contributed by atoms with Crippen LogP contribution >= 0.6 is 7.82 Å². The standard InChI is InChI=1S/C43H88NO6P/c1-3-5-7-9-11-13-15-17-18-19-20-21-22-23-24-25-26-27-29-31-33-35-37-39-43(46)44-41(40-50-51(47,48)49)42(45)38-36-34-32-30-28-16-14-12-10-8-6-4-2/h41-42,45H,3-40H2,1-2H3,(H,44,46)(H2,47,48,49)/t41-,42+/m0/s1. The lowest BCUT2D eigenvalue weighted by Crippen LogP contribution is -2.46. The number of amides is 1. The fourth-order valence-corrected chi connectivity index (χ4v) is 7.53. The largest absolute Gasteiger partial charge is 0.469 e. The molecule has 0 fully saturated rings. The van der Waals surface area contributed by atoms with Gasteiger partial charge in [0, 0.05) is 6.42 Å². The molecule has 0 aromatic carbocycles. The number of carbonyl (C=O) groups excluding carboxylic acids is 1. The summed E-state index contributed by atoms with van der Waals surface area (Å²) in [5, 5.41) is 13.5. The molecule has 0 aliphatic heterocycles. The lowest BCUT2D eigenvalue weighted by atomic mass is 10.0. The number of aliphatic hydroxyl groups is 1. The molecule has 0 bridgehead atoms. The second kappa shape index (κ2) is 39.2. The van der Waals surface area contributed by atoms with Crippen LogP contribution in [-0.2, 0) is 13.9 Å². The average Bonchev–Trinajstić information content (AvgIpc) is 3.10. The molecule has 0 aromatic heterocycles. The summed E-state index contributed by atoms with van der Waals surface area (Å²) in [7, 11) is -4.68. The van der Waals surface area contributed by atoms with Crippen molar-refractivity contribution in [3.63, 3.8) is 0 Å². The first-order valence-corrected chi connectivity index (χ1v) is 24.0. The molecule has 51 heavy (non-hydrogen) atoms. The number of phosphoric ester groups is 1. The summed E-state index contributed by atoms with van der Waals surface area (Å²) < 4.78 is 16.0. The molecule has 0 rings (SSSR count). The molecule has 2 atom stereocenters. The number of unbranched alkanes of at least 4 members (excludes halogenated alkanes) is 33. The quantitative estimate of drug-likeness (QED) is 0.0365. The molecule has 0 spiro atoms. The number of rotatable bonds is 42. The summed E-state index contributed by atoms with van der Waals surface area (Å²) in [6, 6.07) is -0.817. The average molecular weight is 746 g/mol. The Balaban J connectivity index is 3.76. The molecule has 1 amide bonds. The second-order valence-electron chi connectivity index (χ2n) is 15.7. The van der Waals surface area contributed by atoms with E-state index in [2.05, 4.69) is 23.7 Å². The molecule has 7 nitrogen and oxygen atoms in total. The van der Waals surface area contributed by atoms with E-state index in [1.54, 1.807) is 0 Å². The van der Waals surface area contributed by atoms with Gasteiger partial charge in [0.25, 0.3) is 0 Å². The van der Waals surface area contributed by atoms with Crippen molar-refractivity contribution in [3.05, 3.63) is 0 Å². The van der Waals surface area contributed by atoms with Gasteiger partial charge in [-0.25, -0.2) is 4.57 Å². The molecular formula is C43H88NO6P. The zero-order chi connectivity index (χ0) is 37.5. The maximum absolute atomic E-state index is 12.6. The zero-order valence-corrected chi connectivity index (χ0v) is 34.9. The third kappa shape index (κ3) is 40.6. The summed E-state index contributed by atoms with van der Waals surface area (Å²) in [5.74, 6) is -0.188. The minimum atomic E-state index is -4.68. The van der Waals surface area contributed by atoms with Crippen LogP contribution in [0.1, 0.15) is 251 Å². The van der Waals surface area contributed by atoms with Gasteiger partial charge in [-0.3, -0.25) is 9.32 Å². The predicted molar refractivity (Wildman–Crippen MR) is 218 cm³/mol. The molecule has 0 heterocycles. The van der Waals surface area contributed by atoms with E-state index < -0.39 is 26.6 Å².